The molecule has 0 aliphatic rings. The van der Waals surface area contributed by atoms with E-state index in [9.17, 15) is 8.78 Å². The van der Waals surface area contributed by atoms with Gasteiger partial charge in [0.05, 0.1) is 15.8 Å². The quantitative estimate of drug-likeness (QED) is 0.816. The highest BCUT2D eigenvalue weighted by atomic mass is 79.9. The van der Waals surface area contributed by atoms with Gasteiger partial charge in [-0.2, -0.15) is 0 Å². The first kappa shape index (κ1) is 13.8. The van der Waals surface area contributed by atoms with E-state index < -0.39 is 5.82 Å². The highest BCUT2D eigenvalue weighted by Crippen LogP contribution is 2.29. The number of hydrogen-bond acceptors (Lipinski definition) is 2. The number of rotatable bonds is 3. The van der Waals surface area contributed by atoms with Crippen molar-refractivity contribution in [1.82, 2.24) is 0 Å². The monoisotopic (exact) mass is 326 g/mol. The van der Waals surface area contributed by atoms with Gasteiger partial charge in [-0.3, -0.25) is 0 Å². The normalized spacial score (nSPS) is 12.2. The summed E-state index contributed by atoms with van der Waals surface area (Å²) < 4.78 is 26.8. The van der Waals surface area contributed by atoms with E-state index in [1.165, 1.54) is 18.2 Å². The van der Waals surface area contributed by atoms with E-state index in [4.69, 9.17) is 5.73 Å². The molecule has 1 unspecified atom stereocenters. The Labute approximate surface area is 118 Å². The maximum atomic E-state index is 13.3. The predicted molar refractivity (Wildman–Crippen MR) is 77.0 cm³/mol. The molecule has 0 saturated heterocycles. The fourth-order valence-electron chi connectivity index (χ4n) is 1.78. The standard InChI is InChI=1S/C14H13BrF2N2/c1-8(9-3-2-4-10(16)5-9)19-14-6-11(15)12(17)7-13(14)18/h2-8,19H,18H2,1H3. The van der Waals surface area contributed by atoms with Gasteiger partial charge in [0.1, 0.15) is 11.6 Å². The lowest BCUT2D eigenvalue weighted by Gasteiger charge is -2.17. The molecule has 0 amide bonds. The van der Waals surface area contributed by atoms with Gasteiger partial charge in [-0.15, -0.1) is 0 Å². The fourth-order valence-corrected chi connectivity index (χ4v) is 2.12. The van der Waals surface area contributed by atoms with Crippen molar-refractivity contribution in [1.29, 1.82) is 0 Å². The molecule has 0 aromatic heterocycles. The largest absolute Gasteiger partial charge is 0.397 e. The van der Waals surface area contributed by atoms with E-state index in [1.54, 1.807) is 12.1 Å². The summed E-state index contributed by atoms with van der Waals surface area (Å²) in [6.45, 7) is 1.88. The highest BCUT2D eigenvalue weighted by molar-refractivity contribution is 9.10. The number of nitrogen functional groups attached to an aromatic ring is 1. The summed E-state index contributed by atoms with van der Waals surface area (Å²) in [7, 11) is 0. The molecule has 1 atom stereocenters. The Hall–Kier alpha value is -1.62. The average Bonchev–Trinajstić information content (AvgIpc) is 2.36. The second-order valence-electron chi connectivity index (χ2n) is 4.27. The van der Waals surface area contributed by atoms with Crippen LogP contribution in [-0.4, -0.2) is 0 Å². The highest BCUT2D eigenvalue weighted by Gasteiger charge is 2.10. The van der Waals surface area contributed by atoms with Gasteiger partial charge in [-0.25, -0.2) is 8.78 Å². The Kier molecular flexibility index (Phi) is 4.04. The second-order valence-corrected chi connectivity index (χ2v) is 5.13. The molecule has 0 fully saturated rings. The first-order chi connectivity index (χ1) is 8.97. The Bertz CT molecular complexity index is 602. The summed E-state index contributed by atoms with van der Waals surface area (Å²) in [4.78, 5) is 0. The minimum Gasteiger partial charge on any atom is -0.397 e. The summed E-state index contributed by atoms with van der Waals surface area (Å²) in [5.74, 6) is -0.708. The molecule has 2 aromatic rings. The van der Waals surface area contributed by atoms with Gasteiger partial charge < -0.3 is 11.1 Å². The maximum absolute atomic E-state index is 13.3. The van der Waals surface area contributed by atoms with Crippen LogP contribution in [0.25, 0.3) is 0 Å². The van der Waals surface area contributed by atoms with Gasteiger partial charge >= 0.3 is 0 Å². The van der Waals surface area contributed by atoms with Gasteiger partial charge in [0.15, 0.2) is 0 Å². The van der Waals surface area contributed by atoms with Crippen LogP contribution in [0, 0.1) is 11.6 Å². The Morgan fingerprint density at radius 1 is 1.21 bits per heavy atom. The Morgan fingerprint density at radius 3 is 2.63 bits per heavy atom. The van der Waals surface area contributed by atoms with Crippen molar-refractivity contribution >= 4 is 27.3 Å². The lowest BCUT2D eigenvalue weighted by atomic mass is 10.1. The molecule has 100 valence electrons. The lowest BCUT2D eigenvalue weighted by molar-refractivity contribution is 0.621. The van der Waals surface area contributed by atoms with E-state index in [1.807, 2.05) is 13.0 Å². The molecule has 0 bridgehead atoms. The van der Waals surface area contributed by atoms with Crippen LogP contribution < -0.4 is 11.1 Å². The van der Waals surface area contributed by atoms with Gasteiger partial charge in [0.25, 0.3) is 0 Å². The number of hydrogen-bond donors (Lipinski definition) is 2. The molecule has 2 rings (SSSR count). The zero-order valence-corrected chi connectivity index (χ0v) is 11.8. The molecule has 0 saturated carbocycles. The van der Waals surface area contributed by atoms with Gasteiger partial charge in [-0.1, -0.05) is 12.1 Å². The van der Waals surface area contributed by atoms with Crippen molar-refractivity contribution in [3.63, 3.8) is 0 Å². The predicted octanol–water partition coefficient (Wildman–Crippen LogP) is 4.48. The van der Waals surface area contributed by atoms with Gasteiger partial charge in [-0.05, 0) is 46.6 Å². The van der Waals surface area contributed by atoms with Crippen LogP contribution in [0.15, 0.2) is 40.9 Å². The van der Waals surface area contributed by atoms with Crippen molar-refractivity contribution in [3.8, 4) is 0 Å². The summed E-state index contributed by atoms with van der Waals surface area (Å²) in [5, 5.41) is 3.13. The first-order valence-electron chi connectivity index (χ1n) is 5.74. The van der Waals surface area contributed by atoms with Crippen LogP contribution >= 0.6 is 15.9 Å². The van der Waals surface area contributed by atoms with Crippen LogP contribution in [0.3, 0.4) is 0 Å². The van der Waals surface area contributed by atoms with E-state index >= 15 is 0 Å². The van der Waals surface area contributed by atoms with Crippen LogP contribution in [0.4, 0.5) is 20.2 Å². The van der Waals surface area contributed by atoms with E-state index in [0.717, 1.165) is 5.56 Å². The van der Waals surface area contributed by atoms with Crippen LogP contribution in [0.5, 0.6) is 0 Å². The molecule has 0 radical (unpaired) electrons. The molecule has 0 aliphatic heterocycles. The number of halogens is 3. The zero-order chi connectivity index (χ0) is 14.0. The van der Waals surface area contributed by atoms with Crippen LogP contribution in [0.1, 0.15) is 18.5 Å². The Balaban J connectivity index is 2.24. The summed E-state index contributed by atoms with van der Waals surface area (Å²) in [6, 6.07) is 8.97. The molecule has 3 N–H and O–H groups in total. The minimum atomic E-state index is -0.415. The molecular weight excluding hydrogens is 314 g/mol. The zero-order valence-electron chi connectivity index (χ0n) is 10.3. The Morgan fingerprint density at radius 2 is 1.95 bits per heavy atom. The van der Waals surface area contributed by atoms with Gasteiger partial charge in [0, 0.05) is 12.1 Å². The van der Waals surface area contributed by atoms with Crippen molar-refractivity contribution < 1.29 is 8.78 Å². The molecule has 19 heavy (non-hydrogen) atoms. The molecule has 0 heterocycles. The summed E-state index contributed by atoms with van der Waals surface area (Å²) in [5.41, 5.74) is 7.45. The topological polar surface area (TPSA) is 38.0 Å². The molecule has 5 heteroatoms. The molecule has 0 aliphatic carbocycles. The molecular formula is C14H13BrF2N2. The van der Waals surface area contributed by atoms with Crippen molar-refractivity contribution in [2.24, 2.45) is 0 Å². The molecule has 2 nitrogen and oxygen atoms in total. The third kappa shape index (κ3) is 3.23. The SMILES string of the molecule is CC(Nc1cc(Br)c(F)cc1N)c1cccc(F)c1. The molecule has 0 spiro atoms. The fraction of sp³-hybridized carbons (Fsp3) is 0.143. The van der Waals surface area contributed by atoms with E-state index in [-0.39, 0.29) is 11.9 Å². The summed E-state index contributed by atoms with van der Waals surface area (Å²) in [6.07, 6.45) is 0. The average molecular weight is 327 g/mol. The van der Waals surface area contributed by atoms with E-state index in [0.29, 0.717) is 15.8 Å². The summed E-state index contributed by atoms with van der Waals surface area (Å²) >= 11 is 3.11. The van der Waals surface area contributed by atoms with Gasteiger partial charge in [0.2, 0.25) is 0 Å². The first-order valence-corrected chi connectivity index (χ1v) is 6.53. The smallest absolute Gasteiger partial charge is 0.139 e. The van der Waals surface area contributed by atoms with Crippen molar-refractivity contribution in [3.05, 3.63) is 58.1 Å². The maximum Gasteiger partial charge on any atom is 0.139 e. The van der Waals surface area contributed by atoms with Crippen LogP contribution in [-0.2, 0) is 0 Å². The number of nitrogens with two attached hydrogens (primary N) is 1. The lowest BCUT2D eigenvalue weighted by Crippen LogP contribution is -2.09. The number of anilines is 2. The van der Waals surface area contributed by atoms with Crippen LogP contribution in [0.2, 0.25) is 0 Å². The van der Waals surface area contributed by atoms with Crippen molar-refractivity contribution in [2.45, 2.75) is 13.0 Å². The second kappa shape index (κ2) is 5.57. The minimum absolute atomic E-state index is 0.143. The third-order valence-corrected chi connectivity index (χ3v) is 3.42. The van der Waals surface area contributed by atoms with E-state index in [2.05, 4.69) is 21.2 Å². The molecule has 2 aromatic carbocycles. The van der Waals surface area contributed by atoms with Crippen molar-refractivity contribution in [2.75, 3.05) is 11.1 Å². The number of benzene rings is 2. The number of nitrogens with one attached hydrogen (secondary N) is 1. The third-order valence-electron chi connectivity index (χ3n) is 2.81.